The zero-order valence-corrected chi connectivity index (χ0v) is 21.0. The Morgan fingerprint density at radius 3 is 2.26 bits per heavy atom. The first-order valence-corrected chi connectivity index (χ1v) is 11.7. The summed E-state index contributed by atoms with van der Waals surface area (Å²) in [5, 5.41) is 6.78. The van der Waals surface area contributed by atoms with Gasteiger partial charge in [0, 0.05) is 24.7 Å². The Kier molecular flexibility index (Phi) is 7.92. The van der Waals surface area contributed by atoms with Crippen molar-refractivity contribution >= 4 is 11.8 Å². The van der Waals surface area contributed by atoms with Crippen LogP contribution in [0.5, 0.6) is 0 Å². The number of nitrogens with zero attached hydrogens (tertiary/aromatic N) is 2. The van der Waals surface area contributed by atoms with Gasteiger partial charge in [0.05, 0.1) is 6.54 Å². The summed E-state index contributed by atoms with van der Waals surface area (Å²) < 4.78 is 5.41. The second-order valence-electron chi connectivity index (χ2n) is 10.3. The monoisotopic (exact) mass is 461 g/mol. The van der Waals surface area contributed by atoms with Gasteiger partial charge in [0.15, 0.2) is 11.5 Å². The molecular weight excluding hydrogens is 426 g/mol. The predicted octanol–water partition coefficient (Wildman–Crippen LogP) is 5.51. The fraction of sp³-hybridized carbons (Fsp3) is 0.393. The fourth-order valence-electron chi connectivity index (χ4n) is 3.62. The van der Waals surface area contributed by atoms with Crippen LogP contribution in [0.2, 0.25) is 0 Å². The number of carbonyl (C=O) groups excluding carboxylic acids is 2. The van der Waals surface area contributed by atoms with Crippen molar-refractivity contribution in [2.75, 3.05) is 6.54 Å². The molecular formula is C28H35N3O3. The van der Waals surface area contributed by atoms with E-state index < -0.39 is 0 Å². The van der Waals surface area contributed by atoms with E-state index in [2.05, 4.69) is 45.1 Å². The minimum atomic E-state index is -0.310. The average molecular weight is 462 g/mol. The summed E-state index contributed by atoms with van der Waals surface area (Å²) in [5.41, 5.74) is 4.21. The van der Waals surface area contributed by atoms with Gasteiger partial charge in [-0.15, -0.1) is 0 Å². The molecule has 0 spiro atoms. The predicted molar refractivity (Wildman–Crippen MR) is 134 cm³/mol. The first-order valence-electron chi connectivity index (χ1n) is 11.7. The van der Waals surface area contributed by atoms with Crippen molar-refractivity contribution < 1.29 is 14.1 Å². The first kappa shape index (κ1) is 25.2. The minimum absolute atomic E-state index is 0.0233. The van der Waals surface area contributed by atoms with Crippen LogP contribution >= 0.6 is 0 Å². The van der Waals surface area contributed by atoms with E-state index in [9.17, 15) is 9.59 Å². The molecule has 2 aromatic carbocycles. The molecule has 6 nitrogen and oxygen atoms in total. The molecule has 0 fully saturated rings. The van der Waals surface area contributed by atoms with E-state index in [4.69, 9.17) is 4.52 Å². The summed E-state index contributed by atoms with van der Waals surface area (Å²) in [4.78, 5) is 27.5. The normalized spacial score (nSPS) is 11.5. The highest BCUT2D eigenvalue weighted by Gasteiger charge is 2.22. The molecule has 1 heterocycles. The number of carbonyl (C=O) groups is 2. The third-order valence-electron chi connectivity index (χ3n) is 5.58. The molecule has 0 aliphatic heterocycles. The highest BCUT2D eigenvalue weighted by Crippen LogP contribution is 2.23. The van der Waals surface area contributed by atoms with E-state index in [0.717, 1.165) is 5.56 Å². The van der Waals surface area contributed by atoms with Crippen molar-refractivity contribution in [1.82, 2.24) is 15.4 Å². The first-order chi connectivity index (χ1) is 16.0. The Morgan fingerprint density at radius 2 is 1.68 bits per heavy atom. The van der Waals surface area contributed by atoms with Gasteiger partial charge in [-0.05, 0) is 41.5 Å². The van der Waals surface area contributed by atoms with E-state index in [1.54, 1.807) is 11.0 Å². The van der Waals surface area contributed by atoms with Crippen molar-refractivity contribution in [1.29, 1.82) is 0 Å². The van der Waals surface area contributed by atoms with E-state index in [0.29, 0.717) is 24.4 Å². The van der Waals surface area contributed by atoms with Crippen LogP contribution in [0.1, 0.15) is 77.9 Å². The lowest BCUT2D eigenvalue weighted by Gasteiger charge is -2.24. The topological polar surface area (TPSA) is 75.4 Å². The summed E-state index contributed by atoms with van der Waals surface area (Å²) in [7, 11) is 0. The molecule has 0 saturated carbocycles. The second kappa shape index (κ2) is 10.7. The number of rotatable bonds is 8. The molecule has 3 aromatic rings. The van der Waals surface area contributed by atoms with Crippen molar-refractivity contribution in [3.63, 3.8) is 0 Å². The second-order valence-corrected chi connectivity index (χ2v) is 10.3. The van der Waals surface area contributed by atoms with Gasteiger partial charge in [-0.3, -0.25) is 9.59 Å². The van der Waals surface area contributed by atoms with Crippen LogP contribution in [0.15, 0.2) is 59.1 Å². The van der Waals surface area contributed by atoms with E-state index >= 15 is 0 Å². The summed E-state index contributed by atoms with van der Waals surface area (Å²) >= 11 is 0. The van der Waals surface area contributed by atoms with Gasteiger partial charge >= 0.3 is 0 Å². The van der Waals surface area contributed by atoms with Crippen LogP contribution in [-0.2, 0) is 18.5 Å². The van der Waals surface area contributed by atoms with Crippen LogP contribution in [0, 0.1) is 12.8 Å². The number of nitrogens with one attached hydrogen (secondary N) is 1. The Morgan fingerprint density at radius 1 is 1.03 bits per heavy atom. The van der Waals surface area contributed by atoms with Gasteiger partial charge in [-0.1, -0.05) is 81.7 Å². The molecule has 34 heavy (non-hydrogen) atoms. The molecule has 1 aromatic heterocycles. The molecule has 0 aliphatic carbocycles. The number of hydrogen-bond acceptors (Lipinski definition) is 4. The molecule has 0 aliphatic rings. The quantitative estimate of drug-likeness (QED) is 0.480. The summed E-state index contributed by atoms with van der Waals surface area (Å²) in [6.45, 7) is 13.8. The molecule has 1 N–H and O–H groups in total. The standard InChI is InChI=1S/C28H35N3O3/c1-19(2)17-31(27(33)22-11-13-23(14-12-22)28(4,5)6)18-24-15-25(30-34-24)26(32)29-16-21-9-7-20(3)8-10-21/h7-15,19H,16-18H2,1-6H3,(H,29,32). The number of aromatic nitrogens is 1. The molecule has 180 valence electrons. The smallest absolute Gasteiger partial charge is 0.273 e. The Bertz CT molecular complexity index is 1110. The lowest BCUT2D eigenvalue weighted by molar-refractivity contribution is 0.0705. The third kappa shape index (κ3) is 6.80. The maximum atomic E-state index is 13.3. The number of benzene rings is 2. The highest BCUT2D eigenvalue weighted by atomic mass is 16.5. The molecule has 6 heteroatoms. The molecule has 0 unspecified atom stereocenters. The SMILES string of the molecule is Cc1ccc(CNC(=O)c2cc(CN(CC(C)C)C(=O)c3ccc(C(C)(C)C)cc3)on2)cc1. The van der Waals surface area contributed by atoms with Gasteiger partial charge < -0.3 is 14.7 Å². The Hall–Kier alpha value is -3.41. The number of aryl methyl sites for hydroxylation is 1. The summed E-state index contributed by atoms with van der Waals surface area (Å²) in [6.07, 6.45) is 0. The summed E-state index contributed by atoms with van der Waals surface area (Å²) in [5.74, 6) is 0.366. The van der Waals surface area contributed by atoms with Gasteiger partial charge in [0.25, 0.3) is 11.8 Å². The molecule has 0 radical (unpaired) electrons. The zero-order chi connectivity index (χ0) is 24.9. The maximum Gasteiger partial charge on any atom is 0.273 e. The number of amides is 2. The third-order valence-corrected chi connectivity index (χ3v) is 5.58. The largest absolute Gasteiger partial charge is 0.359 e. The highest BCUT2D eigenvalue weighted by molar-refractivity contribution is 5.94. The van der Waals surface area contributed by atoms with Crippen molar-refractivity contribution in [3.8, 4) is 0 Å². The minimum Gasteiger partial charge on any atom is -0.359 e. The van der Waals surface area contributed by atoms with E-state index in [1.807, 2.05) is 55.5 Å². The lowest BCUT2D eigenvalue weighted by atomic mass is 9.86. The van der Waals surface area contributed by atoms with Gasteiger partial charge in [-0.2, -0.15) is 0 Å². The van der Waals surface area contributed by atoms with Crippen LogP contribution in [0.4, 0.5) is 0 Å². The molecule has 0 atom stereocenters. The van der Waals surface area contributed by atoms with E-state index in [-0.39, 0.29) is 35.4 Å². The van der Waals surface area contributed by atoms with Gasteiger partial charge in [0.2, 0.25) is 0 Å². The number of hydrogen-bond donors (Lipinski definition) is 1. The maximum absolute atomic E-state index is 13.3. The lowest BCUT2D eigenvalue weighted by Crippen LogP contribution is -2.33. The van der Waals surface area contributed by atoms with Crippen molar-refractivity contribution in [2.24, 2.45) is 5.92 Å². The van der Waals surface area contributed by atoms with Crippen LogP contribution < -0.4 is 5.32 Å². The molecule has 3 rings (SSSR count). The molecule has 2 amide bonds. The molecule has 0 bridgehead atoms. The Labute approximate surface area is 202 Å². The van der Waals surface area contributed by atoms with Gasteiger partial charge in [-0.25, -0.2) is 0 Å². The van der Waals surface area contributed by atoms with Crippen molar-refractivity contribution in [3.05, 3.63) is 88.3 Å². The Balaban J connectivity index is 1.67. The van der Waals surface area contributed by atoms with Crippen LogP contribution in [0.25, 0.3) is 0 Å². The average Bonchev–Trinajstić information content (AvgIpc) is 3.25. The summed E-state index contributed by atoms with van der Waals surface area (Å²) in [6, 6.07) is 17.3. The van der Waals surface area contributed by atoms with Crippen LogP contribution in [-0.4, -0.2) is 28.4 Å². The fourth-order valence-corrected chi connectivity index (χ4v) is 3.62. The zero-order valence-electron chi connectivity index (χ0n) is 21.0. The molecule has 0 saturated heterocycles. The van der Waals surface area contributed by atoms with E-state index in [1.165, 1.54) is 11.1 Å². The van der Waals surface area contributed by atoms with Gasteiger partial charge in [0.1, 0.15) is 0 Å². The van der Waals surface area contributed by atoms with Crippen molar-refractivity contribution in [2.45, 2.75) is 60.0 Å². The van der Waals surface area contributed by atoms with Crippen LogP contribution in [0.3, 0.4) is 0 Å².